The second kappa shape index (κ2) is 8.41. The molecule has 1 amide bonds. The lowest BCUT2D eigenvalue weighted by atomic mass is 9.86. The molecule has 0 bridgehead atoms. The second-order valence-electron chi connectivity index (χ2n) is 7.52. The zero-order valence-electron chi connectivity index (χ0n) is 16.5. The highest BCUT2D eigenvalue weighted by atomic mass is 16.5. The molecule has 2 aliphatic heterocycles. The second-order valence-corrected chi connectivity index (χ2v) is 7.52. The van der Waals surface area contributed by atoms with E-state index in [-0.39, 0.29) is 12.0 Å². The Bertz CT molecular complexity index is 834. The van der Waals surface area contributed by atoms with Gasteiger partial charge >= 0.3 is 0 Å². The van der Waals surface area contributed by atoms with E-state index in [1.165, 1.54) is 0 Å². The van der Waals surface area contributed by atoms with Crippen molar-refractivity contribution in [3.05, 3.63) is 23.9 Å². The van der Waals surface area contributed by atoms with Gasteiger partial charge in [0.1, 0.15) is 17.6 Å². The zero-order chi connectivity index (χ0) is 19.5. The van der Waals surface area contributed by atoms with E-state index < -0.39 is 0 Å². The number of carbonyl (C=O) groups excluding carboxylic acids is 1. The van der Waals surface area contributed by atoms with E-state index in [0.29, 0.717) is 31.6 Å². The van der Waals surface area contributed by atoms with E-state index in [2.05, 4.69) is 16.4 Å². The molecule has 3 unspecified atom stereocenters. The molecule has 1 aromatic carbocycles. The van der Waals surface area contributed by atoms with Crippen molar-refractivity contribution < 1.29 is 23.7 Å². The molecule has 0 aliphatic carbocycles. The average molecular weight is 388 g/mol. The molecule has 0 spiro atoms. The third-order valence-electron chi connectivity index (χ3n) is 5.78. The normalized spacial score (nSPS) is 24.1. The van der Waals surface area contributed by atoms with E-state index >= 15 is 0 Å². The van der Waals surface area contributed by atoms with Gasteiger partial charge in [-0.15, -0.1) is 0 Å². The van der Waals surface area contributed by atoms with Crippen LogP contribution in [0.3, 0.4) is 0 Å². The van der Waals surface area contributed by atoms with Crippen molar-refractivity contribution in [1.82, 2.24) is 10.3 Å². The minimum absolute atomic E-state index is 0.0115. The molecule has 2 aromatic rings. The van der Waals surface area contributed by atoms with Gasteiger partial charge in [-0.3, -0.25) is 4.79 Å². The fourth-order valence-corrected chi connectivity index (χ4v) is 4.25. The lowest BCUT2D eigenvalue weighted by Crippen LogP contribution is -2.41. The lowest BCUT2D eigenvalue weighted by Gasteiger charge is -2.26. The number of aryl methyl sites for hydroxylation is 1. The Balaban J connectivity index is 1.30. The Morgan fingerprint density at radius 1 is 1.25 bits per heavy atom. The Hall–Kier alpha value is -2.25. The Kier molecular flexibility index (Phi) is 5.73. The highest BCUT2D eigenvalue weighted by Crippen LogP contribution is 2.34. The summed E-state index contributed by atoms with van der Waals surface area (Å²) in [5.74, 6) is 2.22. The van der Waals surface area contributed by atoms with Crippen LogP contribution in [0.1, 0.15) is 18.5 Å². The number of fused-ring (bicyclic) bond motifs is 2. The highest BCUT2D eigenvalue weighted by Gasteiger charge is 2.42. The summed E-state index contributed by atoms with van der Waals surface area (Å²) in [4.78, 5) is 15.9. The molecular weight excluding hydrogens is 360 g/mol. The molecule has 2 aliphatic rings. The van der Waals surface area contributed by atoms with Gasteiger partial charge in [-0.1, -0.05) is 0 Å². The van der Waals surface area contributed by atoms with Crippen LogP contribution in [-0.2, 0) is 20.7 Å². The minimum atomic E-state index is -0.321. The molecule has 2 saturated heterocycles. The number of H-pyrrole nitrogens is 1. The van der Waals surface area contributed by atoms with E-state index in [1.807, 2.05) is 12.1 Å². The van der Waals surface area contributed by atoms with Gasteiger partial charge in [-0.2, -0.15) is 0 Å². The van der Waals surface area contributed by atoms with Gasteiger partial charge < -0.3 is 29.2 Å². The lowest BCUT2D eigenvalue weighted by molar-refractivity contribution is -0.132. The van der Waals surface area contributed by atoms with Crippen LogP contribution in [0, 0.1) is 11.8 Å². The standard InChI is InChI=1S/C21H28N2O5/c1-25-15-9-18-17(19(10-15)26-2)8-14(23-18)4-3-6-22-21(24)20-16-5-7-27-11-13(16)12-28-20/h8-10,13,16,20,23H,3-7,11-12H2,1-2H3,(H,22,24). The molecule has 0 radical (unpaired) electrons. The van der Waals surface area contributed by atoms with Crippen molar-refractivity contribution in [3.63, 3.8) is 0 Å². The van der Waals surface area contributed by atoms with Crippen LogP contribution in [-0.4, -0.2) is 57.6 Å². The summed E-state index contributed by atoms with van der Waals surface area (Å²) in [5, 5.41) is 4.07. The van der Waals surface area contributed by atoms with Gasteiger partial charge in [0.15, 0.2) is 0 Å². The number of methoxy groups -OCH3 is 2. The maximum absolute atomic E-state index is 12.5. The molecule has 7 heteroatoms. The monoisotopic (exact) mass is 388 g/mol. The van der Waals surface area contributed by atoms with Crippen molar-refractivity contribution in [2.24, 2.45) is 11.8 Å². The van der Waals surface area contributed by atoms with Gasteiger partial charge in [0.2, 0.25) is 5.91 Å². The van der Waals surface area contributed by atoms with Crippen LogP contribution in [0.15, 0.2) is 18.2 Å². The zero-order valence-corrected chi connectivity index (χ0v) is 16.5. The molecule has 4 rings (SSSR count). The van der Waals surface area contributed by atoms with Gasteiger partial charge in [-0.05, 0) is 25.3 Å². The summed E-state index contributed by atoms with van der Waals surface area (Å²) in [5.41, 5.74) is 2.09. The summed E-state index contributed by atoms with van der Waals surface area (Å²) in [7, 11) is 3.30. The first-order valence-electron chi connectivity index (χ1n) is 9.90. The molecular formula is C21H28N2O5. The minimum Gasteiger partial charge on any atom is -0.497 e. The molecule has 7 nitrogen and oxygen atoms in total. The van der Waals surface area contributed by atoms with Crippen molar-refractivity contribution in [2.75, 3.05) is 40.6 Å². The van der Waals surface area contributed by atoms with Crippen molar-refractivity contribution in [1.29, 1.82) is 0 Å². The largest absolute Gasteiger partial charge is 0.497 e. The van der Waals surface area contributed by atoms with E-state index in [0.717, 1.165) is 54.0 Å². The van der Waals surface area contributed by atoms with Crippen molar-refractivity contribution in [3.8, 4) is 11.5 Å². The third-order valence-corrected chi connectivity index (χ3v) is 5.78. The quantitative estimate of drug-likeness (QED) is 0.711. The van der Waals surface area contributed by atoms with E-state index in [1.54, 1.807) is 14.2 Å². The summed E-state index contributed by atoms with van der Waals surface area (Å²) >= 11 is 0. The molecule has 2 fully saturated rings. The van der Waals surface area contributed by atoms with E-state index in [9.17, 15) is 4.79 Å². The molecule has 3 atom stereocenters. The van der Waals surface area contributed by atoms with Crippen LogP contribution in [0.5, 0.6) is 11.5 Å². The summed E-state index contributed by atoms with van der Waals surface area (Å²) in [6.45, 7) is 2.69. The molecule has 1 aromatic heterocycles. The number of amides is 1. The fraction of sp³-hybridized carbons (Fsp3) is 0.571. The van der Waals surface area contributed by atoms with Crippen LogP contribution < -0.4 is 14.8 Å². The van der Waals surface area contributed by atoms with E-state index in [4.69, 9.17) is 18.9 Å². The average Bonchev–Trinajstić information content (AvgIpc) is 3.34. The van der Waals surface area contributed by atoms with Crippen LogP contribution in [0.2, 0.25) is 0 Å². The number of nitrogens with one attached hydrogen (secondary N) is 2. The first-order valence-corrected chi connectivity index (χ1v) is 9.90. The van der Waals surface area contributed by atoms with Gasteiger partial charge in [0.05, 0.1) is 33.0 Å². The van der Waals surface area contributed by atoms with Gasteiger partial charge in [0.25, 0.3) is 0 Å². The number of aromatic amines is 1. The summed E-state index contributed by atoms with van der Waals surface area (Å²) in [6, 6.07) is 5.94. The first kappa shape index (κ1) is 19.1. The molecule has 3 heterocycles. The number of benzene rings is 1. The Labute approximate surface area is 164 Å². The number of hydrogen-bond donors (Lipinski definition) is 2. The van der Waals surface area contributed by atoms with Crippen LogP contribution in [0.25, 0.3) is 10.9 Å². The Morgan fingerprint density at radius 2 is 2.14 bits per heavy atom. The van der Waals surface area contributed by atoms with Gasteiger partial charge in [0, 0.05) is 48.2 Å². The SMILES string of the molecule is COc1cc(OC)c2cc(CCCNC(=O)C3OCC4COCCC43)[nH]c2c1. The number of aromatic nitrogens is 1. The van der Waals surface area contributed by atoms with Crippen molar-refractivity contribution in [2.45, 2.75) is 25.4 Å². The smallest absolute Gasteiger partial charge is 0.249 e. The molecule has 152 valence electrons. The van der Waals surface area contributed by atoms with Crippen LogP contribution >= 0.6 is 0 Å². The predicted octanol–water partition coefficient (Wildman–Crippen LogP) is 2.29. The maximum Gasteiger partial charge on any atom is 0.249 e. The van der Waals surface area contributed by atoms with Gasteiger partial charge in [-0.25, -0.2) is 0 Å². The van der Waals surface area contributed by atoms with Crippen LogP contribution in [0.4, 0.5) is 0 Å². The number of carbonyl (C=O) groups is 1. The number of ether oxygens (including phenoxy) is 4. The molecule has 0 saturated carbocycles. The highest BCUT2D eigenvalue weighted by molar-refractivity contribution is 5.88. The summed E-state index contributed by atoms with van der Waals surface area (Å²) < 4.78 is 22.0. The van der Waals surface area contributed by atoms with Crippen molar-refractivity contribution >= 4 is 16.8 Å². The fourth-order valence-electron chi connectivity index (χ4n) is 4.25. The molecule has 2 N–H and O–H groups in total. The summed E-state index contributed by atoms with van der Waals surface area (Å²) in [6.07, 6.45) is 2.27. The topological polar surface area (TPSA) is 81.8 Å². The number of rotatable bonds is 7. The Morgan fingerprint density at radius 3 is 2.96 bits per heavy atom. The number of hydrogen-bond acceptors (Lipinski definition) is 5. The maximum atomic E-state index is 12.5. The predicted molar refractivity (Wildman–Crippen MR) is 105 cm³/mol. The third kappa shape index (κ3) is 3.82. The molecule has 28 heavy (non-hydrogen) atoms. The first-order chi connectivity index (χ1) is 13.7.